The van der Waals surface area contributed by atoms with Crippen LogP contribution in [0, 0.1) is 0 Å². The summed E-state index contributed by atoms with van der Waals surface area (Å²) in [5, 5.41) is 0. The molecular weight excluding hydrogens is 714 g/mol. The summed E-state index contributed by atoms with van der Waals surface area (Å²) in [5.41, 5.74) is -7.00. The van der Waals surface area contributed by atoms with Crippen molar-refractivity contribution in [2.75, 3.05) is 9.80 Å². The predicted octanol–water partition coefficient (Wildman–Crippen LogP) is 6.39. The van der Waals surface area contributed by atoms with Crippen LogP contribution in [0.3, 0.4) is 0 Å². The highest BCUT2D eigenvalue weighted by Crippen LogP contribution is 2.56. The van der Waals surface area contributed by atoms with Crippen molar-refractivity contribution in [3.05, 3.63) is 144 Å². The molecule has 0 spiro atoms. The summed E-state index contributed by atoms with van der Waals surface area (Å²) in [6, 6.07) is 15.0. The van der Waals surface area contributed by atoms with E-state index in [9.17, 15) is 55.1 Å². The third-order valence-corrected chi connectivity index (χ3v) is 8.19. The Hall–Kier alpha value is -6.84. The Labute approximate surface area is 294 Å². The first-order valence-electron chi connectivity index (χ1n) is 15.1. The van der Waals surface area contributed by atoms with Crippen LogP contribution in [-0.4, -0.2) is 47.9 Å². The molecule has 6 rings (SSSR count). The molecule has 10 nitrogen and oxygen atoms in total. The van der Waals surface area contributed by atoms with Crippen LogP contribution in [0.25, 0.3) is 0 Å². The number of carbonyl (C=O) groups is 6. The summed E-state index contributed by atoms with van der Waals surface area (Å²) in [5.74, 6) is -5.25. The topological polar surface area (TPSA) is 127 Å². The number of imide groups is 2. The van der Waals surface area contributed by atoms with Crippen molar-refractivity contribution in [1.82, 2.24) is 0 Å². The van der Waals surface area contributed by atoms with E-state index < -0.39 is 64.5 Å². The Kier molecular flexibility index (Phi) is 9.07. The number of halogens is 6. The van der Waals surface area contributed by atoms with Crippen molar-refractivity contribution in [1.29, 1.82) is 0 Å². The van der Waals surface area contributed by atoms with Gasteiger partial charge in [-0.2, -0.15) is 26.3 Å². The quantitative estimate of drug-likeness (QED) is 0.0882. The number of ether oxygens (including phenoxy) is 2. The first-order valence-corrected chi connectivity index (χ1v) is 15.1. The third-order valence-electron chi connectivity index (χ3n) is 8.19. The van der Waals surface area contributed by atoms with Gasteiger partial charge in [-0.25, -0.2) is 19.4 Å². The number of nitrogens with zero attached hydrogens (tertiary/aromatic N) is 2. The van der Waals surface area contributed by atoms with Crippen molar-refractivity contribution in [3.8, 4) is 11.5 Å². The predicted molar refractivity (Wildman–Crippen MR) is 172 cm³/mol. The summed E-state index contributed by atoms with van der Waals surface area (Å²) in [6.45, 7) is 0. The van der Waals surface area contributed by atoms with Gasteiger partial charge in [-0.1, -0.05) is 24.3 Å². The van der Waals surface area contributed by atoms with Gasteiger partial charge in [0.15, 0.2) is 0 Å². The Bertz CT molecular complexity index is 2010. The molecule has 0 atom stereocenters. The normalized spacial score (nSPS) is 14.7. The summed E-state index contributed by atoms with van der Waals surface area (Å²) in [6.07, 6.45) is -7.68. The molecule has 0 radical (unpaired) electrons. The van der Waals surface area contributed by atoms with E-state index in [0.717, 1.165) is 58.4 Å². The Morgan fingerprint density at radius 1 is 0.434 bits per heavy atom. The molecule has 2 aliphatic heterocycles. The highest BCUT2D eigenvalue weighted by molar-refractivity contribution is 6.28. The van der Waals surface area contributed by atoms with Crippen molar-refractivity contribution < 1.29 is 64.6 Å². The number of alkyl halides is 6. The number of hydrogen-bond donors (Lipinski definition) is 0. The SMILES string of the molecule is O=C(Oc1ccc(C(c2ccc(OC(=O)c3ccc(N4C(=O)C=CC4=O)cc3)cc2)(C(F)(F)F)C(F)(F)F)cc1)c1ccc(N2C(=O)C=CC2=O)cc1. The van der Waals surface area contributed by atoms with Gasteiger partial charge in [0.25, 0.3) is 23.6 Å². The highest BCUT2D eigenvalue weighted by atomic mass is 19.4. The number of rotatable bonds is 8. The van der Waals surface area contributed by atoms with Gasteiger partial charge in [-0.3, -0.25) is 19.2 Å². The summed E-state index contributed by atoms with van der Waals surface area (Å²) in [4.78, 5) is 74.5. The second kappa shape index (κ2) is 13.4. The van der Waals surface area contributed by atoms with Crippen molar-refractivity contribution in [3.63, 3.8) is 0 Å². The monoisotopic (exact) mass is 734 g/mol. The molecule has 0 unspecified atom stereocenters. The lowest BCUT2D eigenvalue weighted by atomic mass is 9.73. The van der Waals surface area contributed by atoms with Crippen LogP contribution >= 0.6 is 0 Å². The zero-order valence-electron chi connectivity index (χ0n) is 26.5. The van der Waals surface area contributed by atoms with Crippen LogP contribution in [-0.2, 0) is 24.6 Å². The van der Waals surface area contributed by atoms with Crippen LogP contribution in [0.5, 0.6) is 11.5 Å². The molecule has 0 fully saturated rings. The molecule has 0 aromatic heterocycles. The van der Waals surface area contributed by atoms with Gasteiger partial charge in [-0.15, -0.1) is 0 Å². The van der Waals surface area contributed by atoms with Crippen LogP contribution in [0.2, 0.25) is 0 Å². The van der Waals surface area contributed by atoms with Crippen LogP contribution in [0.4, 0.5) is 37.7 Å². The zero-order valence-corrected chi connectivity index (χ0v) is 26.5. The fraction of sp³-hybridized carbons (Fsp3) is 0.0811. The first-order chi connectivity index (χ1) is 25.0. The fourth-order valence-corrected chi connectivity index (χ4v) is 5.66. The fourth-order valence-electron chi connectivity index (χ4n) is 5.66. The van der Waals surface area contributed by atoms with Crippen molar-refractivity contribution >= 4 is 46.9 Å². The van der Waals surface area contributed by atoms with Gasteiger partial charge in [0, 0.05) is 24.3 Å². The van der Waals surface area contributed by atoms with E-state index in [2.05, 4.69) is 0 Å². The maximum atomic E-state index is 14.7. The summed E-state index contributed by atoms with van der Waals surface area (Å²) in [7, 11) is 0. The van der Waals surface area contributed by atoms with Gasteiger partial charge in [-0.05, 0) is 83.9 Å². The van der Waals surface area contributed by atoms with E-state index >= 15 is 0 Å². The molecule has 2 aliphatic rings. The smallest absolute Gasteiger partial charge is 0.411 e. The number of anilines is 2. The second-order valence-electron chi connectivity index (χ2n) is 11.4. The van der Waals surface area contributed by atoms with Gasteiger partial charge in [0.05, 0.1) is 22.5 Å². The molecule has 4 aromatic rings. The van der Waals surface area contributed by atoms with Crippen LogP contribution in [0.1, 0.15) is 31.8 Å². The second-order valence-corrected chi connectivity index (χ2v) is 11.4. The minimum atomic E-state index is -5.95. The lowest BCUT2D eigenvalue weighted by molar-refractivity contribution is -0.288. The molecule has 268 valence electrons. The van der Waals surface area contributed by atoms with Gasteiger partial charge in [0.2, 0.25) is 5.41 Å². The standard InChI is InChI=1S/C37H20F6N2O8/c38-36(39,40)35(37(41,42)43,23-5-13-27(14-6-23)52-33(50)21-1-9-25(10-2-21)44-29(46)17-18-30(44)47)24-7-15-28(16-8-24)53-34(51)22-3-11-26(12-4-22)45-31(48)19-20-32(45)49/h1-20H. The van der Waals surface area contributed by atoms with Crippen molar-refractivity contribution in [2.45, 2.75) is 17.8 Å². The molecule has 4 aromatic carbocycles. The third kappa shape index (κ3) is 6.57. The number of esters is 2. The number of carbonyl (C=O) groups excluding carboxylic acids is 6. The molecular formula is C37H20F6N2O8. The average molecular weight is 735 g/mol. The number of hydrogen-bond acceptors (Lipinski definition) is 8. The Morgan fingerprint density at radius 3 is 0.981 bits per heavy atom. The van der Waals surface area contributed by atoms with E-state index in [0.29, 0.717) is 24.3 Å². The lowest BCUT2D eigenvalue weighted by Crippen LogP contribution is -2.54. The molecule has 4 amide bonds. The molecule has 0 bridgehead atoms. The minimum Gasteiger partial charge on any atom is -0.423 e. The maximum Gasteiger partial charge on any atom is 0.411 e. The molecule has 53 heavy (non-hydrogen) atoms. The average Bonchev–Trinajstić information content (AvgIpc) is 3.63. The Morgan fingerprint density at radius 2 is 0.717 bits per heavy atom. The molecule has 0 aliphatic carbocycles. The van der Waals surface area contributed by atoms with Crippen LogP contribution in [0.15, 0.2) is 121 Å². The van der Waals surface area contributed by atoms with E-state index in [1.807, 2.05) is 0 Å². The number of amides is 4. The zero-order chi connectivity index (χ0) is 38.3. The molecule has 0 saturated heterocycles. The molecule has 16 heteroatoms. The molecule has 2 heterocycles. The minimum absolute atomic E-state index is 0.102. The van der Waals surface area contributed by atoms with Gasteiger partial charge >= 0.3 is 24.3 Å². The summed E-state index contributed by atoms with van der Waals surface area (Å²) < 4.78 is 98.5. The van der Waals surface area contributed by atoms with Gasteiger partial charge in [0.1, 0.15) is 11.5 Å². The maximum absolute atomic E-state index is 14.7. The van der Waals surface area contributed by atoms with E-state index in [1.165, 1.54) is 48.5 Å². The van der Waals surface area contributed by atoms with Crippen LogP contribution < -0.4 is 19.3 Å². The van der Waals surface area contributed by atoms with E-state index in [1.54, 1.807) is 0 Å². The number of benzene rings is 4. The Balaban J connectivity index is 1.20. The van der Waals surface area contributed by atoms with Gasteiger partial charge < -0.3 is 9.47 Å². The molecule has 0 N–H and O–H groups in total. The molecule has 0 saturated carbocycles. The van der Waals surface area contributed by atoms with Crippen molar-refractivity contribution in [2.24, 2.45) is 0 Å². The van der Waals surface area contributed by atoms with E-state index in [4.69, 9.17) is 9.47 Å². The largest absolute Gasteiger partial charge is 0.423 e. The first kappa shape index (κ1) is 36.0. The lowest BCUT2D eigenvalue weighted by Gasteiger charge is -2.38. The highest BCUT2D eigenvalue weighted by Gasteiger charge is 2.72. The van der Waals surface area contributed by atoms with E-state index in [-0.39, 0.29) is 34.0 Å². The summed E-state index contributed by atoms with van der Waals surface area (Å²) >= 11 is 0.